The van der Waals surface area contributed by atoms with Crippen molar-refractivity contribution in [2.75, 3.05) is 14.1 Å². The summed E-state index contributed by atoms with van der Waals surface area (Å²) in [5, 5.41) is 12.6. The molecule has 2 N–H and O–H groups in total. The number of hydrogen-bond acceptors (Lipinski definition) is 9. The number of aromatic amines is 1. The highest BCUT2D eigenvalue weighted by Gasteiger charge is 2.33. The average molecular weight is 725 g/mol. The van der Waals surface area contributed by atoms with Crippen LogP contribution in [0.3, 0.4) is 0 Å². The number of nitrogens with zero attached hydrogens (tertiary/aromatic N) is 6. The fourth-order valence-electron chi connectivity index (χ4n) is 3.73. The van der Waals surface area contributed by atoms with Crippen molar-refractivity contribution in [3.63, 3.8) is 0 Å². The maximum atomic E-state index is 12.6. The molecule has 0 unspecified atom stereocenters. The fraction of sp³-hybridized carbons (Fsp3) is 0.357. The molecule has 4 rings (SSSR count). The van der Waals surface area contributed by atoms with Gasteiger partial charge >= 0.3 is 18.4 Å². The molecule has 0 aromatic carbocycles. The fourth-order valence-corrected chi connectivity index (χ4v) is 4.14. The van der Waals surface area contributed by atoms with Gasteiger partial charge in [0.05, 0.1) is 16.8 Å². The maximum absolute atomic E-state index is 12.6. The van der Waals surface area contributed by atoms with Gasteiger partial charge in [-0.2, -0.15) is 31.0 Å². The predicted octanol–water partition coefficient (Wildman–Crippen LogP) is 7.89. The Kier molecular flexibility index (Phi) is 13.9. The molecule has 0 atom stereocenters. The molecule has 1 amide bonds. The second-order valence-corrected chi connectivity index (χ2v) is 10.0. The van der Waals surface area contributed by atoms with Gasteiger partial charge in [0.2, 0.25) is 29.6 Å². The molecule has 4 aromatic rings. The molecule has 20 heteroatoms. The molecule has 0 aliphatic rings. The standard InChI is InChI=1S/C14H14ClF3N4O2.C12H11ClF3N3O.C2H3NO/c1-4-9-7(2)22(13(23)19-3)21-11(9)24-12-10(15)5-8(6-20-12)14(16,17)18;1-3-8-6(2)18-19-10(8)20-11-9(13)4-7(5-17-11)12(14,15)16;1-3-2-4/h5-6H,4H2,1-3H3,(H,19,23);4-5H,3H2,1-2H3,(H,18,19);1H3. The van der Waals surface area contributed by atoms with E-state index >= 15 is 0 Å². The SMILES string of the molecule is CCc1c(Oc2ncc(C(F)(F)F)cc2Cl)n[nH]c1C.CCc1c(Oc2ncc(C(F)(F)F)cc2Cl)nn(C(=O)NC)c1C.CN=C=O. The first-order valence-electron chi connectivity index (χ1n) is 13.5. The zero-order valence-corrected chi connectivity index (χ0v) is 27.6. The van der Waals surface area contributed by atoms with Crippen molar-refractivity contribution < 1.29 is 45.4 Å². The van der Waals surface area contributed by atoms with E-state index in [1.165, 1.54) is 20.2 Å². The lowest BCUT2D eigenvalue weighted by molar-refractivity contribution is -0.138. The molecule has 0 saturated heterocycles. The molecule has 0 spiro atoms. The molecule has 0 radical (unpaired) electrons. The van der Waals surface area contributed by atoms with Gasteiger partial charge in [-0.3, -0.25) is 5.10 Å². The van der Waals surface area contributed by atoms with Crippen LogP contribution in [0, 0.1) is 13.8 Å². The monoisotopic (exact) mass is 724 g/mol. The van der Waals surface area contributed by atoms with Gasteiger partial charge in [0.1, 0.15) is 10.0 Å². The Morgan fingerprint density at radius 2 is 1.38 bits per heavy atom. The molecule has 4 heterocycles. The van der Waals surface area contributed by atoms with Crippen molar-refractivity contribution >= 4 is 35.3 Å². The number of hydrogen-bond donors (Lipinski definition) is 2. The zero-order valence-electron chi connectivity index (χ0n) is 26.1. The first-order valence-corrected chi connectivity index (χ1v) is 14.3. The van der Waals surface area contributed by atoms with Gasteiger partial charge in [-0.15, -0.1) is 10.2 Å². The number of aliphatic imine (C=N–C) groups is 1. The number of isocyanates is 1. The van der Waals surface area contributed by atoms with E-state index in [0.29, 0.717) is 36.5 Å². The molecule has 48 heavy (non-hydrogen) atoms. The highest BCUT2D eigenvalue weighted by Crippen LogP contribution is 2.37. The lowest BCUT2D eigenvalue weighted by Gasteiger charge is -2.09. The van der Waals surface area contributed by atoms with E-state index in [-0.39, 0.29) is 33.6 Å². The van der Waals surface area contributed by atoms with Gasteiger partial charge in [0, 0.05) is 43.3 Å². The molecule has 0 bridgehead atoms. The number of amides is 1. The van der Waals surface area contributed by atoms with E-state index in [2.05, 4.69) is 35.6 Å². The Morgan fingerprint density at radius 3 is 1.75 bits per heavy atom. The number of carbonyl (C=O) groups excluding carboxylic acids is 2. The molecule has 0 saturated carbocycles. The number of alkyl halides is 6. The largest absolute Gasteiger partial charge is 0.417 e. The molecule has 260 valence electrons. The second-order valence-electron chi connectivity index (χ2n) is 9.21. The van der Waals surface area contributed by atoms with Crippen LogP contribution >= 0.6 is 23.2 Å². The summed E-state index contributed by atoms with van der Waals surface area (Å²) in [7, 11) is 2.83. The number of aryl methyl sites for hydroxylation is 1. The van der Waals surface area contributed by atoms with Crippen LogP contribution in [0.2, 0.25) is 10.0 Å². The van der Waals surface area contributed by atoms with Crippen molar-refractivity contribution in [3.8, 4) is 23.5 Å². The highest BCUT2D eigenvalue weighted by atomic mass is 35.5. The van der Waals surface area contributed by atoms with E-state index in [9.17, 15) is 31.1 Å². The Labute approximate surface area is 279 Å². The van der Waals surface area contributed by atoms with Crippen molar-refractivity contribution in [2.24, 2.45) is 4.99 Å². The first-order chi connectivity index (χ1) is 22.4. The van der Waals surface area contributed by atoms with Crippen LogP contribution < -0.4 is 14.8 Å². The Hall–Kier alpha value is -4.67. The normalized spacial score (nSPS) is 11.0. The van der Waals surface area contributed by atoms with Crippen molar-refractivity contribution in [1.29, 1.82) is 0 Å². The van der Waals surface area contributed by atoms with Gasteiger partial charge in [0.15, 0.2) is 0 Å². The molecule has 0 aliphatic carbocycles. The van der Waals surface area contributed by atoms with Gasteiger partial charge in [-0.1, -0.05) is 37.0 Å². The summed E-state index contributed by atoms with van der Waals surface area (Å²) in [4.78, 5) is 30.8. The minimum atomic E-state index is -4.55. The number of aromatic nitrogens is 6. The third kappa shape index (κ3) is 10.2. The maximum Gasteiger partial charge on any atom is 0.417 e. The smallest absolute Gasteiger partial charge is 0.417 e. The number of pyridine rings is 2. The Bertz CT molecular complexity index is 1770. The van der Waals surface area contributed by atoms with E-state index in [1.807, 2.05) is 20.8 Å². The van der Waals surface area contributed by atoms with Crippen LogP contribution in [-0.4, -0.2) is 56.2 Å². The van der Waals surface area contributed by atoms with E-state index in [4.69, 9.17) is 37.5 Å². The first kappa shape index (κ1) is 39.5. The van der Waals surface area contributed by atoms with Crippen LogP contribution in [0.1, 0.15) is 47.5 Å². The van der Waals surface area contributed by atoms with Crippen LogP contribution in [0.5, 0.6) is 23.5 Å². The van der Waals surface area contributed by atoms with Crippen LogP contribution in [0.15, 0.2) is 29.5 Å². The minimum absolute atomic E-state index is 0.0627. The highest BCUT2D eigenvalue weighted by molar-refractivity contribution is 6.32. The van der Waals surface area contributed by atoms with E-state index in [1.54, 1.807) is 6.92 Å². The molecular formula is C28H28Cl2F6N8O4. The summed E-state index contributed by atoms with van der Waals surface area (Å²) in [5.74, 6) is -0.00583. The molecule has 4 aromatic heterocycles. The predicted molar refractivity (Wildman–Crippen MR) is 162 cm³/mol. The number of carbonyl (C=O) groups is 1. The lowest BCUT2D eigenvalue weighted by Crippen LogP contribution is -2.26. The quantitative estimate of drug-likeness (QED) is 0.116. The summed E-state index contributed by atoms with van der Waals surface area (Å²) in [6.45, 7) is 7.23. The van der Waals surface area contributed by atoms with Crippen molar-refractivity contribution in [3.05, 3.63) is 68.2 Å². The van der Waals surface area contributed by atoms with E-state index in [0.717, 1.165) is 28.1 Å². The summed E-state index contributed by atoms with van der Waals surface area (Å²) in [5.41, 5.74) is 0.908. The van der Waals surface area contributed by atoms with Gasteiger partial charge in [-0.25, -0.2) is 24.5 Å². The number of halogens is 8. The summed E-state index contributed by atoms with van der Waals surface area (Å²) in [6.07, 6.45) is -5.29. The number of nitrogens with one attached hydrogen (secondary N) is 2. The van der Waals surface area contributed by atoms with Crippen molar-refractivity contribution in [2.45, 2.75) is 52.9 Å². The van der Waals surface area contributed by atoms with Gasteiger partial charge < -0.3 is 14.8 Å². The van der Waals surface area contributed by atoms with E-state index < -0.39 is 29.5 Å². The van der Waals surface area contributed by atoms with Crippen LogP contribution in [0.4, 0.5) is 31.1 Å². The minimum Gasteiger partial charge on any atom is -0.417 e. The average Bonchev–Trinajstić information content (AvgIpc) is 3.55. The van der Waals surface area contributed by atoms with Crippen LogP contribution in [0.25, 0.3) is 0 Å². The van der Waals surface area contributed by atoms with Crippen LogP contribution in [-0.2, 0) is 30.0 Å². The zero-order chi connectivity index (χ0) is 36.4. The Morgan fingerprint density at radius 1 is 0.917 bits per heavy atom. The number of ether oxygens (including phenoxy) is 2. The lowest BCUT2D eigenvalue weighted by atomic mass is 10.2. The molecule has 0 fully saturated rings. The van der Waals surface area contributed by atoms with Crippen molar-refractivity contribution in [1.82, 2.24) is 35.3 Å². The third-order valence-electron chi connectivity index (χ3n) is 6.10. The Balaban J connectivity index is 0.000000304. The summed E-state index contributed by atoms with van der Waals surface area (Å²) in [6, 6.07) is 1.02. The number of H-pyrrole nitrogens is 1. The molecule has 12 nitrogen and oxygen atoms in total. The van der Waals surface area contributed by atoms with Gasteiger partial charge in [0.25, 0.3) is 0 Å². The molecule has 0 aliphatic heterocycles. The number of rotatable bonds is 6. The van der Waals surface area contributed by atoms with Gasteiger partial charge in [-0.05, 0) is 38.8 Å². The second kappa shape index (κ2) is 16.9. The summed E-state index contributed by atoms with van der Waals surface area (Å²) >= 11 is 11.6. The third-order valence-corrected chi connectivity index (χ3v) is 6.64. The summed E-state index contributed by atoms with van der Waals surface area (Å²) < 4.78 is 87.3. The molecular weight excluding hydrogens is 697 g/mol. The topological polar surface area (TPSA) is 149 Å².